The van der Waals surface area contributed by atoms with Crippen LogP contribution in [0, 0.1) is 0 Å². The monoisotopic (exact) mass is 245 g/mol. The third-order valence-electron chi connectivity index (χ3n) is 4.11. The van der Waals surface area contributed by atoms with Crippen molar-refractivity contribution in [3.63, 3.8) is 0 Å². The van der Waals surface area contributed by atoms with Crippen molar-refractivity contribution in [3.8, 4) is 0 Å². The first kappa shape index (κ1) is 13.1. The van der Waals surface area contributed by atoms with E-state index in [1.54, 1.807) is 6.92 Å². The van der Waals surface area contributed by atoms with E-state index < -0.39 is 0 Å². The normalized spacial score (nSPS) is 17.8. The van der Waals surface area contributed by atoms with Gasteiger partial charge in [-0.2, -0.15) is 0 Å². The zero-order valence-electron chi connectivity index (χ0n) is 12.1. The second-order valence-corrected chi connectivity index (χ2v) is 6.05. The summed E-state index contributed by atoms with van der Waals surface area (Å²) in [6.07, 6.45) is 0.971. The fourth-order valence-electron chi connectivity index (χ4n) is 2.98. The Morgan fingerprint density at radius 2 is 2.00 bits per heavy atom. The summed E-state index contributed by atoms with van der Waals surface area (Å²) in [5, 5.41) is 0. The first-order valence-corrected chi connectivity index (χ1v) is 6.75. The lowest BCUT2D eigenvalue weighted by Crippen LogP contribution is -2.49. The Bertz CT molecular complexity index is 474. The SMILES string of the molecule is CC(=O)N1CCc2cc(C(C)C)ccc2C1(C)C. The molecule has 1 aromatic carbocycles. The van der Waals surface area contributed by atoms with Crippen molar-refractivity contribution < 1.29 is 4.79 Å². The molecule has 2 rings (SSSR count). The van der Waals surface area contributed by atoms with E-state index in [0.717, 1.165) is 13.0 Å². The molecule has 1 aromatic rings. The Labute approximate surface area is 110 Å². The van der Waals surface area contributed by atoms with Gasteiger partial charge in [0.1, 0.15) is 0 Å². The molecule has 0 radical (unpaired) electrons. The van der Waals surface area contributed by atoms with Crippen LogP contribution in [-0.4, -0.2) is 17.4 Å². The zero-order chi connectivity index (χ0) is 13.5. The molecule has 0 bridgehead atoms. The van der Waals surface area contributed by atoms with E-state index >= 15 is 0 Å². The number of amides is 1. The maximum atomic E-state index is 11.7. The van der Waals surface area contributed by atoms with Gasteiger partial charge in [0.2, 0.25) is 5.91 Å². The van der Waals surface area contributed by atoms with Crippen LogP contribution in [0.3, 0.4) is 0 Å². The van der Waals surface area contributed by atoms with Gasteiger partial charge in [0.25, 0.3) is 0 Å². The van der Waals surface area contributed by atoms with Crippen LogP contribution in [0.25, 0.3) is 0 Å². The molecule has 1 aliphatic rings. The molecule has 0 saturated carbocycles. The minimum atomic E-state index is -0.186. The van der Waals surface area contributed by atoms with E-state index in [2.05, 4.69) is 45.9 Å². The van der Waals surface area contributed by atoms with Crippen LogP contribution in [-0.2, 0) is 16.8 Å². The highest BCUT2D eigenvalue weighted by atomic mass is 16.2. The molecule has 2 heteroatoms. The predicted octanol–water partition coefficient (Wildman–Crippen LogP) is 3.45. The van der Waals surface area contributed by atoms with E-state index in [0.29, 0.717) is 5.92 Å². The van der Waals surface area contributed by atoms with Crippen LogP contribution >= 0.6 is 0 Å². The molecule has 1 amide bonds. The zero-order valence-corrected chi connectivity index (χ0v) is 12.1. The maximum absolute atomic E-state index is 11.7. The number of carbonyl (C=O) groups excluding carboxylic acids is 1. The van der Waals surface area contributed by atoms with Crippen LogP contribution < -0.4 is 0 Å². The molecular weight excluding hydrogens is 222 g/mol. The minimum absolute atomic E-state index is 0.165. The Hall–Kier alpha value is -1.31. The van der Waals surface area contributed by atoms with Gasteiger partial charge in [-0.1, -0.05) is 32.0 Å². The van der Waals surface area contributed by atoms with Crippen molar-refractivity contribution in [3.05, 3.63) is 34.9 Å². The topological polar surface area (TPSA) is 20.3 Å². The molecule has 18 heavy (non-hydrogen) atoms. The molecule has 0 spiro atoms. The molecule has 0 saturated heterocycles. The largest absolute Gasteiger partial charge is 0.333 e. The average molecular weight is 245 g/mol. The number of hydrogen-bond donors (Lipinski definition) is 0. The van der Waals surface area contributed by atoms with Crippen LogP contribution in [0.1, 0.15) is 57.2 Å². The van der Waals surface area contributed by atoms with E-state index in [-0.39, 0.29) is 11.4 Å². The van der Waals surface area contributed by atoms with Gasteiger partial charge >= 0.3 is 0 Å². The number of nitrogens with zero attached hydrogens (tertiary/aromatic N) is 1. The first-order chi connectivity index (χ1) is 8.34. The molecule has 0 aliphatic carbocycles. The van der Waals surface area contributed by atoms with Crippen molar-refractivity contribution in [1.82, 2.24) is 4.90 Å². The molecule has 2 nitrogen and oxygen atoms in total. The molecule has 1 aliphatic heterocycles. The molecule has 0 aromatic heterocycles. The minimum Gasteiger partial charge on any atom is -0.333 e. The van der Waals surface area contributed by atoms with Gasteiger partial charge in [-0.15, -0.1) is 0 Å². The summed E-state index contributed by atoms with van der Waals surface area (Å²) in [6, 6.07) is 6.73. The Balaban J connectivity index is 2.46. The predicted molar refractivity (Wildman–Crippen MR) is 74.6 cm³/mol. The fraction of sp³-hybridized carbons (Fsp3) is 0.562. The molecule has 0 unspecified atom stereocenters. The summed E-state index contributed by atoms with van der Waals surface area (Å²) in [5.41, 5.74) is 3.91. The molecule has 0 N–H and O–H groups in total. The molecule has 0 fully saturated rings. The average Bonchev–Trinajstić information content (AvgIpc) is 2.27. The van der Waals surface area contributed by atoms with Gasteiger partial charge in [0.15, 0.2) is 0 Å². The van der Waals surface area contributed by atoms with Crippen molar-refractivity contribution in [2.24, 2.45) is 0 Å². The lowest BCUT2D eigenvalue weighted by Gasteiger charge is -2.43. The number of hydrogen-bond acceptors (Lipinski definition) is 1. The van der Waals surface area contributed by atoms with Crippen LogP contribution in [0.5, 0.6) is 0 Å². The van der Waals surface area contributed by atoms with Crippen LogP contribution in [0.2, 0.25) is 0 Å². The summed E-state index contributed by atoms with van der Waals surface area (Å²) < 4.78 is 0. The molecule has 98 valence electrons. The lowest BCUT2D eigenvalue weighted by molar-refractivity contribution is -0.135. The third-order valence-corrected chi connectivity index (χ3v) is 4.11. The van der Waals surface area contributed by atoms with E-state index in [9.17, 15) is 4.79 Å². The van der Waals surface area contributed by atoms with Gasteiger partial charge in [-0.25, -0.2) is 0 Å². The second-order valence-electron chi connectivity index (χ2n) is 6.05. The summed E-state index contributed by atoms with van der Waals surface area (Å²) in [4.78, 5) is 13.7. The fourth-order valence-corrected chi connectivity index (χ4v) is 2.98. The first-order valence-electron chi connectivity index (χ1n) is 6.75. The maximum Gasteiger partial charge on any atom is 0.220 e. The number of carbonyl (C=O) groups is 1. The smallest absolute Gasteiger partial charge is 0.220 e. The summed E-state index contributed by atoms with van der Waals surface area (Å²) >= 11 is 0. The lowest BCUT2D eigenvalue weighted by atomic mass is 9.81. The van der Waals surface area contributed by atoms with Gasteiger partial charge in [0, 0.05) is 13.5 Å². The van der Waals surface area contributed by atoms with E-state index in [1.807, 2.05) is 4.90 Å². The molecule has 0 atom stereocenters. The summed E-state index contributed by atoms with van der Waals surface area (Å²) in [7, 11) is 0. The second kappa shape index (κ2) is 4.42. The van der Waals surface area contributed by atoms with Crippen molar-refractivity contribution >= 4 is 5.91 Å². The van der Waals surface area contributed by atoms with Crippen molar-refractivity contribution in [2.45, 2.75) is 52.5 Å². The van der Waals surface area contributed by atoms with Crippen LogP contribution in [0.15, 0.2) is 18.2 Å². The Morgan fingerprint density at radius 3 is 2.56 bits per heavy atom. The Kier molecular flexibility index (Phi) is 3.22. The van der Waals surface area contributed by atoms with Crippen molar-refractivity contribution in [1.29, 1.82) is 0 Å². The highest BCUT2D eigenvalue weighted by molar-refractivity contribution is 5.75. The highest BCUT2D eigenvalue weighted by Crippen LogP contribution is 2.36. The molecule has 1 heterocycles. The van der Waals surface area contributed by atoms with Crippen LogP contribution in [0.4, 0.5) is 0 Å². The number of benzene rings is 1. The van der Waals surface area contributed by atoms with E-state index in [1.165, 1.54) is 16.7 Å². The number of rotatable bonds is 1. The third kappa shape index (κ3) is 2.05. The Morgan fingerprint density at radius 1 is 1.33 bits per heavy atom. The standard InChI is InChI=1S/C16H23NO/c1-11(2)13-6-7-15-14(10-13)8-9-17(12(3)18)16(15,4)5/h6-7,10-11H,8-9H2,1-5H3. The van der Waals surface area contributed by atoms with Gasteiger partial charge < -0.3 is 4.90 Å². The summed E-state index contributed by atoms with van der Waals surface area (Å²) in [6.45, 7) is 11.2. The van der Waals surface area contributed by atoms with Gasteiger partial charge in [0.05, 0.1) is 5.54 Å². The van der Waals surface area contributed by atoms with Crippen molar-refractivity contribution in [2.75, 3.05) is 6.54 Å². The van der Waals surface area contributed by atoms with Gasteiger partial charge in [-0.3, -0.25) is 4.79 Å². The highest BCUT2D eigenvalue weighted by Gasteiger charge is 2.35. The number of fused-ring (bicyclic) bond motifs is 1. The molecular formula is C16H23NO. The summed E-state index contributed by atoms with van der Waals surface area (Å²) in [5.74, 6) is 0.725. The van der Waals surface area contributed by atoms with Gasteiger partial charge in [-0.05, 0) is 42.9 Å². The quantitative estimate of drug-likeness (QED) is 0.742. The van der Waals surface area contributed by atoms with E-state index in [4.69, 9.17) is 0 Å².